The molecule has 68 heavy (non-hydrogen) atoms. The lowest BCUT2D eigenvalue weighted by atomic mass is 10.0. The van der Waals surface area contributed by atoms with Gasteiger partial charge in [-0.3, -0.25) is 14.4 Å². The van der Waals surface area contributed by atoms with Crippen molar-refractivity contribution in [2.75, 3.05) is 13.2 Å². The van der Waals surface area contributed by atoms with E-state index >= 15 is 0 Å². The van der Waals surface area contributed by atoms with Gasteiger partial charge < -0.3 is 14.2 Å². The minimum atomic E-state index is -0.760. The van der Waals surface area contributed by atoms with Crippen LogP contribution in [0, 0.1) is 0 Å². The van der Waals surface area contributed by atoms with Crippen LogP contribution in [-0.4, -0.2) is 37.2 Å². The van der Waals surface area contributed by atoms with Gasteiger partial charge in [0.25, 0.3) is 0 Å². The molecule has 0 saturated carbocycles. The highest BCUT2D eigenvalue weighted by Gasteiger charge is 2.19. The molecule has 404 valence electrons. The van der Waals surface area contributed by atoms with E-state index in [0.29, 0.717) is 19.3 Å². The van der Waals surface area contributed by atoms with Crippen molar-refractivity contribution in [2.45, 2.75) is 367 Å². The predicted octanol–water partition coefficient (Wildman–Crippen LogP) is 20.7. The smallest absolute Gasteiger partial charge is 0.306 e. The summed E-state index contributed by atoms with van der Waals surface area (Å²) in [6.07, 6.45) is 65.7. The number of esters is 3. The summed E-state index contributed by atoms with van der Waals surface area (Å²) < 4.78 is 16.8. The standard InChI is InChI=1S/C62H120O6/c1-4-7-10-13-16-18-20-22-24-26-27-28-29-30-31-32-33-34-35-36-38-39-41-43-46-49-52-55-61(64)67-58-59(57-66-60(63)54-51-48-45-15-12-9-6-3)68-62(65)56-53-50-47-44-42-40-37-25-23-21-19-17-14-11-8-5-2/h59H,4-58H2,1-3H3. The number of unbranched alkanes of at least 4 members (excludes halogenated alkanes) is 47. The van der Waals surface area contributed by atoms with Crippen molar-refractivity contribution >= 4 is 17.9 Å². The third kappa shape index (κ3) is 55.3. The van der Waals surface area contributed by atoms with Gasteiger partial charge in [0.15, 0.2) is 6.10 Å². The van der Waals surface area contributed by atoms with Gasteiger partial charge in [-0.1, -0.05) is 323 Å². The molecule has 0 rings (SSSR count). The summed E-state index contributed by atoms with van der Waals surface area (Å²) >= 11 is 0. The van der Waals surface area contributed by atoms with Gasteiger partial charge >= 0.3 is 17.9 Å². The monoisotopic (exact) mass is 961 g/mol. The summed E-state index contributed by atoms with van der Waals surface area (Å²) in [5.74, 6) is -0.840. The molecule has 0 aliphatic carbocycles. The normalized spacial score (nSPS) is 11.9. The molecule has 0 spiro atoms. The second kappa shape index (κ2) is 58.0. The Morgan fingerprint density at radius 2 is 0.397 bits per heavy atom. The van der Waals surface area contributed by atoms with Crippen LogP contribution in [0.25, 0.3) is 0 Å². The Hall–Kier alpha value is -1.59. The molecule has 0 aromatic heterocycles. The Labute approximate surface area is 425 Å². The first kappa shape index (κ1) is 66.4. The van der Waals surface area contributed by atoms with Crippen LogP contribution in [0.3, 0.4) is 0 Å². The highest BCUT2D eigenvalue weighted by atomic mass is 16.6. The van der Waals surface area contributed by atoms with E-state index in [1.165, 1.54) is 263 Å². The van der Waals surface area contributed by atoms with Gasteiger partial charge in [0, 0.05) is 19.3 Å². The number of carbonyl (C=O) groups excluding carboxylic acids is 3. The van der Waals surface area contributed by atoms with E-state index in [9.17, 15) is 14.4 Å². The third-order valence-corrected chi connectivity index (χ3v) is 14.4. The Morgan fingerprint density at radius 1 is 0.235 bits per heavy atom. The molecule has 0 radical (unpaired) electrons. The lowest BCUT2D eigenvalue weighted by Gasteiger charge is -2.18. The number of rotatable bonds is 58. The summed E-state index contributed by atoms with van der Waals surface area (Å²) in [5.41, 5.74) is 0. The lowest BCUT2D eigenvalue weighted by molar-refractivity contribution is -0.167. The van der Waals surface area contributed by atoms with Crippen LogP contribution >= 0.6 is 0 Å². The molecule has 6 nitrogen and oxygen atoms in total. The maximum Gasteiger partial charge on any atom is 0.306 e. The maximum absolute atomic E-state index is 12.8. The fourth-order valence-electron chi connectivity index (χ4n) is 9.68. The average molecular weight is 962 g/mol. The summed E-state index contributed by atoms with van der Waals surface area (Å²) in [6, 6.07) is 0. The Bertz CT molecular complexity index is 1010. The molecular formula is C62H120O6. The molecule has 1 atom stereocenters. The minimum absolute atomic E-state index is 0.0618. The number of hydrogen-bond donors (Lipinski definition) is 0. The Kier molecular flexibility index (Phi) is 56.6. The molecule has 0 fully saturated rings. The van der Waals surface area contributed by atoms with Crippen LogP contribution in [-0.2, 0) is 28.6 Å². The summed E-state index contributed by atoms with van der Waals surface area (Å²) in [4.78, 5) is 38.0. The molecule has 0 aliphatic heterocycles. The third-order valence-electron chi connectivity index (χ3n) is 14.4. The topological polar surface area (TPSA) is 78.9 Å². The molecule has 0 aromatic rings. The zero-order chi connectivity index (χ0) is 49.3. The van der Waals surface area contributed by atoms with Crippen molar-refractivity contribution in [3.8, 4) is 0 Å². The number of ether oxygens (including phenoxy) is 3. The van der Waals surface area contributed by atoms with E-state index in [0.717, 1.165) is 57.8 Å². The molecule has 6 heteroatoms. The zero-order valence-corrected chi connectivity index (χ0v) is 46.4. The largest absolute Gasteiger partial charge is 0.462 e. The van der Waals surface area contributed by atoms with Gasteiger partial charge in [0.2, 0.25) is 0 Å². The van der Waals surface area contributed by atoms with Crippen molar-refractivity contribution < 1.29 is 28.6 Å². The van der Waals surface area contributed by atoms with Crippen LogP contribution in [0.15, 0.2) is 0 Å². The fourth-order valence-corrected chi connectivity index (χ4v) is 9.68. The fraction of sp³-hybridized carbons (Fsp3) is 0.952. The minimum Gasteiger partial charge on any atom is -0.462 e. The molecule has 0 N–H and O–H groups in total. The number of carbonyl (C=O) groups is 3. The second-order valence-electron chi connectivity index (χ2n) is 21.3. The predicted molar refractivity (Wildman–Crippen MR) is 294 cm³/mol. The first-order valence-electron chi connectivity index (χ1n) is 31.0. The second-order valence-corrected chi connectivity index (χ2v) is 21.3. The molecule has 0 bridgehead atoms. The first-order valence-corrected chi connectivity index (χ1v) is 31.0. The highest BCUT2D eigenvalue weighted by Crippen LogP contribution is 2.18. The molecule has 0 amide bonds. The highest BCUT2D eigenvalue weighted by molar-refractivity contribution is 5.71. The van der Waals surface area contributed by atoms with Crippen molar-refractivity contribution in [3.63, 3.8) is 0 Å². The van der Waals surface area contributed by atoms with Gasteiger partial charge in [-0.2, -0.15) is 0 Å². The maximum atomic E-state index is 12.8. The van der Waals surface area contributed by atoms with Gasteiger partial charge in [0.05, 0.1) is 0 Å². The van der Waals surface area contributed by atoms with Crippen LogP contribution in [0.2, 0.25) is 0 Å². The zero-order valence-electron chi connectivity index (χ0n) is 46.4. The molecule has 0 aliphatic rings. The SMILES string of the molecule is CCCCCCCCCCCCCCCCCCCCCCCCCCCCCC(=O)OCC(COC(=O)CCCCCCCCC)OC(=O)CCCCCCCCCCCCCCCCCC. The van der Waals surface area contributed by atoms with Gasteiger partial charge in [-0.15, -0.1) is 0 Å². The molecule has 0 saturated heterocycles. The van der Waals surface area contributed by atoms with E-state index in [1.54, 1.807) is 0 Å². The van der Waals surface area contributed by atoms with E-state index in [-0.39, 0.29) is 31.1 Å². The van der Waals surface area contributed by atoms with Crippen LogP contribution in [0.4, 0.5) is 0 Å². The van der Waals surface area contributed by atoms with Crippen LogP contribution in [0.1, 0.15) is 361 Å². The first-order chi connectivity index (χ1) is 33.5. The molecule has 0 aromatic carbocycles. The van der Waals surface area contributed by atoms with Gasteiger partial charge in [-0.05, 0) is 19.3 Å². The summed E-state index contributed by atoms with van der Waals surface area (Å²) in [6.45, 7) is 6.67. The van der Waals surface area contributed by atoms with E-state index < -0.39 is 6.10 Å². The van der Waals surface area contributed by atoms with Crippen molar-refractivity contribution in [2.24, 2.45) is 0 Å². The Morgan fingerprint density at radius 3 is 0.588 bits per heavy atom. The van der Waals surface area contributed by atoms with E-state index in [1.807, 2.05) is 0 Å². The quantitative estimate of drug-likeness (QED) is 0.0343. The average Bonchev–Trinajstić information content (AvgIpc) is 3.34. The van der Waals surface area contributed by atoms with E-state index in [2.05, 4.69) is 20.8 Å². The Balaban J connectivity index is 4.01. The van der Waals surface area contributed by atoms with Crippen molar-refractivity contribution in [3.05, 3.63) is 0 Å². The van der Waals surface area contributed by atoms with Crippen molar-refractivity contribution in [1.82, 2.24) is 0 Å². The summed E-state index contributed by atoms with van der Waals surface area (Å²) in [7, 11) is 0. The van der Waals surface area contributed by atoms with E-state index in [4.69, 9.17) is 14.2 Å². The lowest BCUT2D eigenvalue weighted by Crippen LogP contribution is -2.30. The van der Waals surface area contributed by atoms with Gasteiger partial charge in [-0.25, -0.2) is 0 Å². The van der Waals surface area contributed by atoms with Crippen LogP contribution < -0.4 is 0 Å². The number of hydrogen-bond acceptors (Lipinski definition) is 6. The molecular weight excluding hydrogens is 841 g/mol. The van der Waals surface area contributed by atoms with Gasteiger partial charge in [0.1, 0.15) is 13.2 Å². The van der Waals surface area contributed by atoms with Crippen LogP contribution in [0.5, 0.6) is 0 Å². The molecule has 0 heterocycles. The van der Waals surface area contributed by atoms with Crippen molar-refractivity contribution in [1.29, 1.82) is 0 Å². The summed E-state index contributed by atoms with van der Waals surface area (Å²) in [5, 5.41) is 0. The molecule has 1 unspecified atom stereocenters.